The molecule has 8 heteroatoms. The first-order valence-electron chi connectivity index (χ1n) is 15.2. The molecule has 0 aromatic heterocycles. The number of anilines is 1. The number of carbonyl (C=O) groups excluding carboxylic acids is 1. The molecule has 1 amide bonds. The molecular formula is C37H37Cl2FN2O3. The summed E-state index contributed by atoms with van der Waals surface area (Å²) in [6.45, 7) is 5.89. The average Bonchev–Trinajstić information content (AvgIpc) is 3.45. The van der Waals surface area contributed by atoms with Crippen molar-refractivity contribution in [1.82, 2.24) is 4.90 Å². The third-order valence-corrected chi connectivity index (χ3v) is 9.93. The number of likely N-dealkylation sites (tertiary alicyclic amines) is 1. The van der Waals surface area contributed by atoms with E-state index in [-0.39, 0.29) is 21.9 Å². The number of aliphatic hydroxyl groups is 2. The molecule has 0 aliphatic carbocycles. The molecule has 3 N–H and O–H groups in total. The van der Waals surface area contributed by atoms with E-state index in [1.54, 1.807) is 24.3 Å². The molecule has 1 saturated heterocycles. The van der Waals surface area contributed by atoms with Crippen molar-refractivity contribution < 1.29 is 19.4 Å². The Morgan fingerprint density at radius 3 is 2.20 bits per heavy atom. The Balaban J connectivity index is 1.70. The van der Waals surface area contributed by atoms with E-state index in [9.17, 15) is 15.0 Å². The van der Waals surface area contributed by atoms with E-state index in [2.05, 4.69) is 31.0 Å². The van der Waals surface area contributed by atoms with Crippen molar-refractivity contribution in [2.24, 2.45) is 5.41 Å². The van der Waals surface area contributed by atoms with E-state index < -0.39 is 48.0 Å². The van der Waals surface area contributed by atoms with Gasteiger partial charge in [0.25, 0.3) is 0 Å². The third-order valence-electron chi connectivity index (χ3n) is 9.41. The molecule has 2 aliphatic heterocycles. The van der Waals surface area contributed by atoms with Crippen molar-refractivity contribution in [3.63, 3.8) is 0 Å². The molecule has 0 saturated carbocycles. The van der Waals surface area contributed by atoms with Crippen LogP contribution in [0.4, 0.5) is 10.1 Å². The van der Waals surface area contributed by atoms with E-state index in [0.29, 0.717) is 28.3 Å². The molecule has 0 bridgehead atoms. The fourth-order valence-corrected chi connectivity index (χ4v) is 8.13. The second-order valence-corrected chi connectivity index (χ2v) is 14.2. The van der Waals surface area contributed by atoms with Crippen molar-refractivity contribution in [3.05, 3.63) is 135 Å². The smallest absolute Gasteiger partial charge is 0.237 e. The van der Waals surface area contributed by atoms with Crippen LogP contribution in [0.3, 0.4) is 0 Å². The Kier molecular flexibility index (Phi) is 8.57. The lowest BCUT2D eigenvalue weighted by Crippen LogP contribution is -2.52. The highest BCUT2D eigenvalue weighted by Crippen LogP contribution is 2.62. The fourth-order valence-electron chi connectivity index (χ4n) is 7.78. The van der Waals surface area contributed by atoms with Crippen LogP contribution in [-0.2, 0) is 10.2 Å². The van der Waals surface area contributed by atoms with Crippen LogP contribution in [0.2, 0.25) is 10.0 Å². The second-order valence-electron chi connectivity index (χ2n) is 13.3. The summed E-state index contributed by atoms with van der Waals surface area (Å²) in [7, 11) is 0. The van der Waals surface area contributed by atoms with Crippen molar-refractivity contribution in [2.75, 3.05) is 11.9 Å². The number of benzene rings is 4. The second kappa shape index (κ2) is 12.2. The maximum Gasteiger partial charge on any atom is 0.237 e. The Morgan fingerprint density at radius 2 is 1.58 bits per heavy atom. The number of halogens is 3. The minimum atomic E-state index is -1.37. The zero-order valence-corrected chi connectivity index (χ0v) is 26.9. The first kappa shape index (κ1) is 31.7. The quantitative estimate of drug-likeness (QED) is 0.190. The van der Waals surface area contributed by atoms with Crippen LogP contribution < -0.4 is 5.32 Å². The standard InChI is InChI=1S/C37H37Cl2FN2O3/c1-36(2,3)20-30-37(26-18-17-24(38)19-28(26)41-35(37)45)31(25-15-10-16-27(39)32(25)40)29(21-43)42(30)33(22-11-6-4-7-12-22)34(44)23-13-8-5-9-14-23/h4-19,29-31,33-34,43-44H,20-21H2,1-3H3,(H,41,45)/t29-,30+,31-,33?,34+,37-/m0/s1. The van der Waals surface area contributed by atoms with E-state index in [1.807, 2.05) is 66.7 Å². The van der Waals surface area contributed by atoms with Gasteiger partial charge in [-0.2, -0.15) is 0 Å². The summed E-state index contributed by atoms with van der Waals surface area (Å²) in [4.78, 5) is 16.9. The van der Waals surface area contributed by atoms with Crippen LogP contribution in [0.5, 0.6) is 0 Å². The molecule has 6 atom stereocenters. The van der Waals surface area contributed by atoms with Gasteiger partial charge < -0.3 is 15.5 Å². The molecule has 234 valence electrons. The minimum absolute atomic E-state index is 0.0659. The number of hydrogen-bond donors (Lipinski definition) is 3. The lowest BCUT2D eigenvalue weighted by Gasteiger charge is -2.44. The first-order chi connectivity index (χ1) is 21.5. The summed E-state index contributed by atoms with van der Waals surface area (Å²) >= 11 is 12.8. The van der Waals surface area contributed by atoms with Gasteiger partial charge in [0, 0.05) is 28.7 Å². The Morgan fingerprint density at radius 1 is 0.933 bits per heavy atom. The van der Waals surface area contributed by atoms with Gasteiger partial charge in [0.2, 0.25) is 5.91 Å². The molecule has 5 nitrogen and oxygen atoms in total. The highest BCUT2D eigenvalue weighted by Gasteiger charge is 2.69. The van der Waals surface area contributed by atoms with E-state index in [0.717, 1.165) is 5.56 Å². The van der Waals surface area contributed by atoms with Crippen LogP contribution in [0.25, 0.3) is 0 Å². The Labute approximate surface area is 273 Å². The summed E-state index contributed by atoms with van der Waals surface area (Å²) < 4.78 is 16.3. The predicted molar refractivity (Wildman–Crippen MR) is 177 cm³/mol. The number of aliphatic hydroxyl groups excluding tert-OH is 2. The van der Waals surface area contributed by atoms with Crippen LogP contribution in [0, 0.1) is 11.2 Å². The molecule has 45 heavy (non-hydrogen) atoms. The van der Waals surface area contributed by atoms with Crippen molar-refractivity contribution in [2.45, 2.75) is 62.8 Å². The van der Waals surface area contributed by atoms with Gasteiger partial charge in [-0.15, -0.1) is 0 Å². The molecule has 2 heterocycles. The minimum Gasteiger partial charge on any atom is -0.395 e. The molecule has 0 radical (unpaired) electrons. The zero-order chi connectivity index (χ0) is 32.1. The summed E-state index contributed by atoms with van der Waals surface area (Å²) in [5.41, 5.74) is 1.29. The van der Waals surface area contributed by atoms with Crippen LogP contribution in [0.15, 0.2) is 97.1 Å². The number of nitrogens with zero attached hydrogens (tertiary/aromatic N) is 1. The highest BCUT2D eigenvalue weighted by atomic mass is 35.5. The maximum atomic E-state index is 16.3. The summed E-state index contributed by atoms with van der Waals surface area (Å²) in [5.74, 6) is -1.81. The van der Waals surface area contributed by atoms with Gasteiger partial charge in [0.05, 0.1) is 23.8 Å². The van der Waals surface area contributed by atoms with E-state index >= 15 is 4.39 Å². The molecule has 4 aromatic rings. The van der Waals surface area contributed by atoms with Crippen LogP contribution >= 0.6 is 23.2 Å². The van der Waals surface area contributed by atoms with Gasteiger partial charge in [-0.1, -0.05) is 123 Å². The molecule has 1 fully saturated rings. The van der Waals surface area contributed by atoms with Crippen molar-refractivity contribution >= 4 is 34.8 Å². The number of fused-ring (bicyclic) bond motifs is 2. The maximum absolute atomic E-state index is 16.3. The summed E-state index contributed by atoms with van der Waals surface area (Å²) in [6, 6.07) is 27.0. The topological polar surface area (TPSA) is 72.8 Å². The van der Waals surface area contributed by atoms with Crippen LogP contribution in [0.1, 0.15) is 67.5 Å². The monoisotopic (exact) mass is 646 g/mol. The average molecular weight is 648 g/mol. The first-order valence-corrected chi connectivity index (χ1v) is 16.0. The van der Waals surface area contributed by atoms with Crippen LogP contribution in [-0.4, -0.2) is 39.7 Å². The Bertz CT molecular complexity index is 1700. The van der Waals surface area contributed by atoms with Gasteiger partial charge in [-0.25, -0.2) is 4.39 Å². The van der Waals surface area contributed by atoms with Gasteiger partial charge in [-0.3, -0.25) is 9.69 Å². The van der Waals surface area contributed by atoms with Gasteiger partial charge in [0.1, 0.15) is 11.2 Å². The number of carbonyl (C=O) groups is 1. The molecule has 4 aromatic carbocycles. The molecule has 1 spiro atoms. The fraction of sp³-hybridized carbons (Fsp3) is 0.324. The lowest BCUT2D eigenvalue weighted by atomic mass is 9.62. The largest absolute Gasteiger partial charge is 0.395 e. The Hall–Kier alpha value is -3.26. The number of rotatable bonds is 7. The molecule has 6 rings (SSSR count). The van der Waals surface area contributed by atoms with Crippen molar-refractivity contribution in [1.29, 1.82) is 0 Å². The number of hydrogen-bond acceptors (Lipinski definition) is 4. The van der Waals surface area contributed by atoms with Gasteiger partial charge >= 0.3 is 0 Å². The summed E-state index contributed by atoms with van der Waals surface area (Å²) in [5, 5.41) is 27.1. The normalized spacial score (nSPS) is 24.4. The number of nitrogens with one attached hydrogen (secondary N) is 1. The zero-order valence-electron chi connectivity index (χ0n) is 25.4. The molecule has 1 unspecified atom stereocenters. The predicted octanol–water partition coefficient (Wildman–Crippen LogP) is 8.06. The van der Waals surface area contributed by atoms with Gasteiger partial charge in [-0.05, 0) is 52.3 Å². The van der Waals surface area contributed by atoms with E-state index in [4.69, 9.17) is 23.2 Å². The molecule has 2 aliphatic rings. The van der Waals surface area contributed by atoms with E-state index in [1.165, 1.54) is 6.07 Å². The highest BCUT2D eigenvalue weighted by molar-refractivity contribution is 6.31. The SMILES string of the molecule is CC(C)(C)C[C@H]1N(C(c2ccccc2)[C@H](O)c2ccccc2)[C@@H](CO)[C@H](c2cccc(Cl)c2F)[C@@]12C(=O)Nc1cc(Cl)ccc12. The third kappa shape index (κ3) is 5.37. The molecular weight excluding hydrogens is 610 g/mol. The summed E-state index contributed by atoms with van der Waals surface area (Å²) in [6.07, 6.45) is -0.554. The number of amides is 1. The lowest BCUT2D eigenvalue weighted by molar-refractivity contribution is -0.123. The van der Waals surface area contributed by atoms with Gasteiger partial charge in [0.15, 0.2) is 0 Å². The van der Waals surface area contributed by atoms with Crippen molar-refractivity contribution in [3.8, 4) is 0 Å².